The molecule has 181 valence electrons. The predicted molar refractivity (Wildman–Crippen MR) is 147 cm³/mol. The normalized spacial score (nSPS) is 11.0. The Bertz CT molecular complexity index is 1540. The number of fused-ring (bicyclic) bond motifs is 3. The summed E-state index contributed by atoms with van der Waals surface area (Å²) in [5.41, 5.74) is 5.89. The van der Waals surface area contributed by atoms with Crippen LogP contribution in [0.15, 0.2) is 108 Å². The number of para-hydroxylation sites is 1. The van der Waals surface area contributed by atoms with Crippen LogP contribution in [0.25, 0.3) is 44.5 Å². The van der Waals surface area contributed by atoms with Gasteiger partial charge in [-0.3, -0.25) is 0 Å². The molecule has 0 atom stereocenters. The quantitative estimate of drug-likeness (QED) is 0.145. The molecular formula is C31H26IrN2OSi-2. The number of hydrogen-bond donors (Lipinski definition) is 0. The maximum Gasteiger partial charge on any atom is 0.134 e. The molecule has 0 spiro atoms. The van der Waals surface area contributed by atoms with Crippen molar-refractivity contribution in [1.29, 1.82) is 0 Å². The van der Waals surface area contributed by atoms with Crippen molar-refractivity contribution in [2.24, 2.45) is 0 Å². The van der Waals surface area contributed by atoms with Crippen molar-refractivity contribution in [3.05, 3.63) is 116 Å². The second-order valence-electron chi connectivity index (χ2n) is 9.33. The van der Waals surface area contributed by atoms with Crippen LogP contribution in [0.2, 0.25) is 19.6 Å². The number of rotatable bonds is 3. The van der Waals surface area contributed by atoms with E-state index in [9.17, 15) is 0 Å². The first kappa shape index (κ1) is 25.7. The van der Waals surface area contributed by atoms with Gasteiger partial charge in [0.15, 0.2) is 0 Å². The van der Waals surface area contributed by atoms with Crippen LogP contribution in [0.3, 0.4) is 0 Å². The van der Waals surface area contributed by atoms with Gasteiger partial charge in [-0.1, -0.05) is 50.0 Å². The predicted octanol–water partition coefficient (Wildman–Crippen LogP) is 7.54. The zero-order chi connectivity index (χ0) is 24.3. The summed E-state index contributed by atoms with van der Waals surface area (Å²) in [4.78, 5) is 8.92. The topological polar surface area (TPSA) is 38.9 Å². The number of furan rings is 1. The molecule has 0 saturated carbocycles. The summed E-state index contributed by atoms with van der Waals surface area (Å²) >= 11 is 0. The van der Waals surface area contributed by atoms with Crippen LogP contribution in [0, 0.1) is 12.1 Å². The third-order valence-electron chi connectivity index (χ3n) is 5.84. The summed E-state index contributed by atoms with van der Waals surface area (Å²) in [5, 5.41) is 3.58. The van der Waals surface area contributed by atoms with Gasteiger partial charge in [0, 0.05) is 51.3 Å². The van der Waals surface area contributed by atoms with Crippen LogP contribution in [0.5, 0.6) is 0 Å². The Balaban J connectivity index is 0.000000198. The average Bonchev–Trinajstić information content (AvgIpc) is 3.29. The smallest absolute Gasteiger partial charge is 0.134 e. The minimum absolute atomic E-state index is 0. The van der Waals surface area contributed by atoms with E-state index in [-0.39, 0.29) is 20.1 Å². The Hall–Kier alpha value is -3.37. The van der Waals surface area contributed by atoms with E-state index in [1.165, 1.54) is 5.19 Å². The van der Waals surface area contributed by atoms with Gasteiger partial charge in [-0.2, -0.15) is 0 Å². The number of hydrogen-bond acceptors (Lipinski definition) is 3. The fraction of sp³-hybridized carbons (Fsp3) is 0.0968. The maximum atomic E-state index is 6.00. The first-order valence-electron chi connectivity index (χ1n) is 11.7. The van der Waals surface area contributed by atoms with Crippen LogP contribution in [-0.2, 0) is 20.1 Å². The molecule has 0 bridgehead atoms. The van der Waals surface area contributed by atoms with Gasteiger partial charge >= 0.3 is 0 Å². The Labute approximate surface area is 226 Å². The zero-order valence-electron chi connectivity index (χ0n) is 20.5. The van der Waals surface area contributed by atoms with E-state index in [0.717, 1.165) is 44.5 Å². The van der Waals surface area contributed by atoms with E-state index < -0.39 is 8.07 Å². The molecule has 0 saturated heterocycles. The van der Waals surface area contributed by atoms with E-state index in [2.05, 4.69) is 55.0 Å². The molecule has 0 unspecified atom stereocenters. The van der Waals surface area contributed by atoms with Crippen molar-refractivity contribution in [3.8, 4) is 22.5 Å². The second kappa shape index (κ2) is 11.1. The van der Waals surface area contributed by atoms with Crippen molar-refractivity contribution < 1.29 is 24.5 Å². The van der Waals surface area contributed by atoms with Gasteiger partial charge in [-0.15, -0.1) is 70.9 Å². The van der Waals surface area contributed by atoms with Crippen molar-refractivity contribution in [1.82, 2.24) is 9.97 Å². The molecule has 6 aromatic rings. The van der Waals surface area contributed by atoms with E-state index in [0.29, 0.717) is 0 Å². The van der Waals surface area contributed by atoms with Crippen LogP contribution in [0.1, 0.15) is 0 Å². The minimum Gasteiger partial charge on any atom is -0.457 e. The molecular weight excluding hydrogens is 637 g/mol. The Kier molecular flexibility index (Phi) is 7.95. The molecule has 3 nitrogen and oxygen atoms in total. The molecule has 3 aromatic heterocycles. The molecule has 0 amide bonds. The minimum atomic E-state index is -1.50. The average molecular weight is 663 g/mol. The van der Waals surface area contributed by atoms with Crippen LogP contribution >= 0.6 is 0 Å². The summed E-state index contributed by atoms with van der Waals surface area (Å²) < 4.78 is 6.00. The Morgan fingerprint density at radius 3 is 2.22 bits per heavy atom. The van der Waals surface area contributed by atoms with E-state index in [1.807, 2.05) is 79.0 Å². The standard InChI is InChI=1S/C20H18NOSi.C11H8N.Ir/c1-23(2,3)18-11-7-5-9-15(18)20-19-14-8-4-6-10-16(14)22-17(19)12-13-21-20;1-2-6-10(7-3-1)11-8-4-5-9-12-11;/h4-8,10-13H,1-3H3;1-6,8-9H;/q2*-1;. The van der Waals surface area contributed by atoms with Crippen LogP contribution in [0.4, 0.5) is 0 Å². The van der Waals surface area contributed by atoms with Crippen molar-refractivity contribution >= 4 is 35.2 Å². The Morgan fingerprint density at radius 1 is 0.694 bits per heavy atom. The number of pyridine rings is 2. The summed E-state index contributed by atoms with van der Waals surface area (Å²) in [6, 6.07) is 36.6. The van der Waals surface area contributed by atoms with E-state index in [1.54, 1.807) is 6.20 Å². The molecule has 0 aliphatic carbocycles. The molecule has 0 fully saturated rings. The molecule has 3 aromatic carbocycles. The van der Waals surface area contributed by atoms with Crippen molar-refractivity contribution in [2.45, 2.75) is 19.6 Å². The van der Waals surface area contributed by atoms with E-state index >= 15 is 0 Å². The summed E-state index contributed by atoms with van der Waals surface area (Å²) in [6.07, 6.45) is 3.62. The summed E-state index contributed by atoms with van der Waals surface area (Å²) in [7, 11) is -1.50. The summed E-state index contributed by atoms with van der Waals surface area (Å²) in [6.45, 7) is 7.06. The molecule has 0 N–H and O–H groups in total. The molecule has 1 radical (unpaired) electrons. The number of nitrogens with zero attached hydrogens (tertiary/aromatic N) is 2. The van der Waals surface area contributed by atoms with Gasteiger partial charge in [0.2, 0.25) is 0 Å². The largest absolute Gasteiger partial charge is 0.457 e. The van der Waals surface area contributed by atoms with E-state index in [4.69, 9.17) is 9.40 Å². The van der Waals surface area contributed by atoms with Gasteiger partial charge in [0.1, 0.15) is 11.2 Å². The molecule has 5 heteroatoms. The monoisotopic (exact) mass is 663 g/mol. The van der Waals surface area contributed by atoms with Crippen LogP contribution < -0.4 is 5.19 Å². The SMILES string of the molecule is C[Si](C)(C)c1ccc[c-]c1-c1nccc2oc3ccccc3c12.[Ir].[c-]1ccccc1-c1ccccn1. The third kappa shape index (κ3) is 5.39. The summed E-state index contributed by atoms with van der Waals surface area (Å²) in [5.74, 6) is 0. The first-order chi connectivity index (χ1) is 17.0. The van der Waals surface area contributed by atoms with Gasteiger partial charge in [0.25, 0.3) is 0 Å². The third-order valence-corrected chi connectivity index (χ3v) is 7.87. The number of aromatic nitrogens is 2. The van der Waals surface area contributed by atoms with Gasteiger partial charge in [-0.05, 0) is 29.6 Å². The molecule has 36 heavy (non-hydrogen) atoms. The Morgan fingerprint density at radius 2 is 1.47 bits per heavy atom. The second-order valence-corrected chi connectivity index (χ2v) is 14.4. The van der Waals surface area contributed by atoms with Gasteiger partial charge in [0.05, 0.1) is 0 Å². The van der Waals surface area contributed by atoms with Crippen molar-refractivity contribution in [3.63, 3.8) is 0 Å². The maximum absolute atomic E-state index is 6.00. The van der Waals surface area contributed by atoms with Crippen molar-refractivity contribution in [2.75, 3.05) is 0 Å². The van der Waals surface area contributed by atoms with Gasteiger partial charge < -0.3 is 14.4 Å². The molecule has 0 aliphatic rings. The number of benzene rings is 3. The fourth-order valence-electron chi connectivity index (χ4n) is 4.19. The first-order valence-corrected chi connectivity index (χ1v) is 15.2. The molecule has 3 heterocycles. The fourth-order valence-corrected chi connectivity index (χ4v) is 5.73. The zero-order valence-corrected chi connectivity index (χ0v) is 23.8. The van der Waals surface area contributed by atoms with Gasteiger partial charge in [-0.25, -0.2) is 0 Å². The van der Waals surface area contributed by atoms with Crippen LogP contribution in [-0.4, -0.2) is 18.0 Å². The molecule has 6 rings (SSSR count). The molecule has 0 aliphatic heterocycles.